The van der Waals surface area contributed by atoms with Gasteiger partial charge in [-0.1, -0.05) is 41.9 Å². The molecule has 1 aromatic heterocycles. The summed E-state index contributed by atoms with van der Waals surface area (Å²) < 4.78 is 5.41. The van der Waals surface area contributed by atoms with Crippen LogP contribution in [0.5, 0.6) is 0 Å². The largest absolute Gasteiger partial charge is 0.337 e. The molecule has 0 aliphatic heterocycles. The summed E-state index contributed by atoms with van der Waals surface area (Å²) >= 11 is 0. The van der Waals surface area contributed by atoms with Gasteiger partial charge in [-0.2, -0.15) is 4.98 Å². The predicted octanol–water partition coefficient (Wildman–Crippen LogP) is 3.02. The van der Waals surface area contributed by atoms with Crippen molar-refractivity contribution in [2.45, 2.75) is 37.6 Å². The van der Waals surface area contributed by atoms with Crippen LogP contribution in [0.1, 0.15) is 54.9 Å². The smallest absolute Gasteiger partial charge is 0.248 e. The Kier molecular flexibility index (Phi) is 2.84. The van der Waals surface area contributed by atoms with Gasteiger partial charge in [0.1, 0.15) is 6.04 Å². The Labute approximate surface area is 118 Å². The molecule has 4 rings (SSSR count). The molecular weight excluding hydrogens is 250 g/mol. The van der Waals surface area contributed by atoms with Crippen molar-refractivity contribution in [2.75, 3.05) is 0 Å². The minimum atomic E-state index is -0.323. The van der Waals surface area contributed by atoms with Gasteiger partial charge < -0.3 is 10.3 Å². The molecule has 2 aliphatic carbocycles. The minimum Gasteiger partial charge on any atom is -0.337 e. The van der Waals surface area contributed by atoms with Crippen LogP contribution in [0.3, 0.4) is 0 Å². The molecule has 0 spiro atoms. The second kappa shape index (κ2) is 4.70. The third kappa shape index (κ3) is 1.95. The highest BCUT2D eigenvalue weighted by Gasteiger charge is 2.42. The Bertz CT molecular complexity index is 595. The lowest BCUT2D eigenvalue weighted by atomic mass is 9.88. The number of hydrogen-bond donors (Lipinski definition) is 1. The normalized spacial score (nSPS) is 29.8. The summed E-state index contributed by atoms with van der Waals surface area (Å²) in [6.07, 6.45) is 5.28. The van der Waals surface area contributed by atoms with Crippen LogP contribution in [0.2, 0.25) is 0 Å². The molecule has 3 unspecified atom stereocenters. The van der Waals surface area contributed by atoms with E-state index in [1.54, 1.807) is 0 Å². The molecule has 1 aromatic carbocycles. The van der Waals surface area contributed by atoms with E-state index in [9.17, 15) is 0 Å². The molecule has 2 aromatic rings. The van der Waals surface area contributed by atoms with Crippen molar-refractivity contribution in [3.05, 3.63) is 47.6 Å². The van der Waals surface area contributed by atoms with E-state index < -0.39 is 0 Å². The summed E-state index contributed by atoms with van der Waals surface area (Å²) in [7, 11) is 0. The van der Waals surface area contributed by atoms with E-state index >= 15 is 0 Å². The van der Waals surface area contributed by atoms with Gasteiger partial charge in [0.15, 0.2) is 5.82 Å². The fourth-order valence-electron chi connectivity index (χ4n) is 3.89. The molecule has 0 amide bonds. The average Bonchev–Trinajstić information content (AvgIpc) is 3.23. The van der Waals surface area contributed by atoms with E-state index in [0.29, 0.717) is 11.8 Å². The van der Waals surface area contributed by atoms with Gasteiger partial charge >= 0.3 is 0 Å². The van der Waals surface area contributed by atoms with Gasteiger partial charge in [0.2, 0.25) is 5.89 Å². The first-order chi connectivity index (χ1) is 9.81. The van der Waals surface area contributed by atoms with Crippen LogP contribution in [-0.4, -0.2) is 10.1 Å². The van der Waals surface area contributed by atoms with Gasteiger partial charge in [-0.25, -0.2) is 0 Å². The van der Waals surface area contributed by atoms with E-state index in [-0.39, 0.29) is 6.04 Å². The van der Waals surface area contributed by atoms with E-state index in [2.05, 4.69) is 10.1 Å². The zero-order valence-electron chi connectivity index (χ0n) is 11.4. The second-order valence-electron chi connectivity index (χ2n) is 6.16. The van der Waals surface area contributed by atoms with Crippen molar-refractivity contribution in [2.24, 2.45) is 17.6 Å². The Morgan fingerprint density at radius 1 is 1.15 bits per heavy atom. The molecule has 4 nitrogen and oxygen atoms in total. The maximum absolute atomic E-state index is 6.21. The molecule has 1 heterocycles. The molecule has 2 fully saturated rings. The molecule has 104 valence electrons. The van der Waals surface area contributed by atoms with Crippen LogP contribution in [0.25, 0.3) is 0 Å². The number of nitrogens with zero attached hydrogens (tertiary/aromatic N) is 2. The molecule has 2 saturated carbocycles. The van der Waals surface area contributed by atoms with Crippen molar-refractivity contribution >= 4 is 0 Å². The third-order valence-corrected chi connectivity index (χ3v) is 4.95. The molecule has 4 heteroatoms. The van der Waals surface area contributed by atoms with Gasteiger partial charge in [0.25, 0.3) is 0 Å². The number of fused-ring (bicyclic) bond motifs is 2. The lowest BCUT2D eigenvalue weighted by Crippen LogP contribution is -2.13. The first-order valence-corrected chi connectivity index (χ1v) is 7.45. The summed E-state index contributed by atoms with van der Waals surface area (Å²) in [4.78, 5) is 4.58. The first kappa shape index (κ1) is 12.1. The van der Waals surface area contributed by atoms with Crippen LogP contribution in [0, 0.1) is 11.8 Å². The highest BCUT2D eigenvalue weighted by molar-refractivity contribution is 5.23. The van der Waals surface area contributed by atoms with Gasteiger partial charge in [-0.15, -0.1) is 0 Å². The molecule has 20 heavy (non-hydrogen) atoms. The Morgan fingerprint density at radius 2 is 2.00 bits per heavy atom. The molecule has 2 bridgehead atoms. The summed E-state index contributed by atoms with van der Waals surface area (Å²) in [5.74, 6) is 3.55. The monoisotopic (exact) mass is 269 g/mol. The van der Waals surface area contributed by atoms with Crippen molar-refractivity contribution in [1.29, 1.82) is 0 Å². The first-order valence-electron chi connectivity index (χ1n) is 7.45. The Hall–Kier alpha value is -1.68. The summed E-state index contributed by atoms with van der Waals surface area (Å²) in [5, 5.41) is 4.20. The van der Waals surface area contributed by atoms with Crippen LogP contribution in [-0.2, 0) is 0 Å². The highest BCUT2D eigenvalue weighted by atomic mass is 16.5. The van der Waals surface area contributed by atoms with Crippen LogP contribution in [0.4, 0.5) is 0 Å². The van der Waals surface area contributed by atoms with E-state index in [1.807, 2.05) is 30.3 Å². The van der Waals surface area contributed by atoms with Gasteiger partial charge in [-0.05, 0) is 36.7 Å². The lowest BCUT2D eigenvalue weighted by Gasteiger charge is -2.17. The second-order valence-corrected chi connectivity index (χ2v) is 6.16. The van der Waals surface area contributed by atoms with Crippen LogP contribution < -0.4 is 5.73 Å². The van der Waals surface area contributed by atoms with E-state index in [1.165, 1.54) is 25.7 Å². The zero-order chi connectivity index (χ0) is 13.5. The van der Waals surface area contributed by atoms with Crippen LogP contribution >= 0.6 is 0 Å². The number of benzene rings is 1. The van der Waals surface area contributed by atoms with Crippen molar-refractivity contribution in [1.82, 2.24) is 10.1 Å². The van der Waals surface area contributed by atoms with Gasteiger partial charge in [-0.3, -0.25) is 0 Å². The molecule has 0 radical (unpaired) electrons. The maximum Gasteiger partial charge on any atom is 0.248 e. The van der Waals surface area contributed by atoms with Crippen LogP contribution in [0.15, 0.2) is 34.9 Å². The fraction of sp³-hybridized carbons (Fsp3) is 0.500. The number of aromatic nitrogens is 2. The van der Waals surface area contributed by atoms with Crippen molar-refractivity contribution in [3.63, 3.8) is 0 Å². The quantitative estimate of drug-likeness (QED) is 0.930. The predicted molar refractivity (Wildman–Crippen MR) is 75.0 cm³/mol. The lowest BCUT2D eigenvalue weighted by molar-refractivity contribution is 0.345. The molecular formula is C16H19N3O. The summed E-state index contributed by atoms with van der Waals surface area (Å²) in [6, 6.07) is 9.59. The van der Waals surface area contributed by atoms with Gasteiger partial charge in [0, 0.05) is 5.92 Å². The summed E-state index contributed by atoms with van der Waals surface area (Å²) in [5.41, 5.74) is 7.22. The average molecular weight is 269 g/mol. The SMILES string of the molecule is N[C@@H](c1ccccc1)c1nc(C2CC3CCC2C3)no1. The van der Waals surface area contributed by atoms with E-state index in [4.69, 9.17) is 10.3 Å². The highest BCUT2D eigenvalue weighted by Crippen LogP contribution is 2.52. The van der Waals surface area contributed by atoms with Gasteiger partial charge in [0.05, 0.1) is 0 Å². The number of nitrogens with two attached hydrogens (primary N) is 1. The third-order valence-electron chi connectivity index (χ3n) is 4.95. The zero-order valence-corrected chi connectivity index (χ0v) is 11.4. The molecule has 2 N–H and O–H groups in total. The topological polar surface area (TPSA) is 64.9 Å². The standard InChI is InChI=1S/C16H19N3O/c17-14(11-4-2-1-3-5-11)16-18-15(19-20-16)13-9-10-6-7-12(13)8-10/h1-5,10,12-14H,6-9,17H2/t10?,12?,13?,14-/m0/s1. The molecule has 4 atom stereocenters. The van der Waals surface area contributed by atoms with E-state index in [0.717, 1.165) is 23.2 Å². The Morgan fingerprint density at radius 3 is 2.70 bits per heavy atom. The summed E-state index contributed by atoms with van der Waals surface area (Å²) in [6.45, 7) is 0. The van der Waals surface area contributed by atoms with Crippen molar-refractivity contribution in [3.8, 4) is 0 Å². The minimum absolute atomic E-state index is 0.323. The Balaban J connectivity index is 1.56. The number of hydrogen-bond acceptors (Lipinski definition) is 4. The fourth-order valence-corrected chi connectivity index (χ4v) is 3.89. The molecule has 0 saturated heterocycles. The van der Waals surface area contributed by atoms with Crippen molar-refractivity contribution < 1.29 is 4.52 Å². The number of rotatable bonds is 3. The molecule has 2 aliphatic rings. The maximum atomic E-state index is 6.21.